The van der Waals surface area contributed by atoms with E-state index in [1.54, 1.807) is 30.1 Å². The number of ether oxygens (including phenoxy) is 1. The normalized spacial score (nSPS) is 18.4. The molecular formula is C32H41F2N7O4S. The van der Waals surface area contributed by atoms with E-state index >= 15 is 0 Å². The van der Waals surface area contributed by atoms with E-state index in [1.165, 1.54) is 31.3 Å². The Labute approximate surface area is 269 Å². The summed E-state index contributed by atoms with van der Waals surface area (Å²) in [6.45, 7) is 4.22. The molecule has 5 rings (SSSR count). The largest absolute Gasteiger partial charge is 0.495 e. The number of benzene rings is 2. The van der Waals surface area contributed by atoms with Crippen LogP contribution >= 0.6 is 0 Å². The molecule has 0 bridgehead atoms. The van der Waals surface area contributed by atoms with E-state index in [1.807, 2.05) is 24.3 Å². The lowest BCUT2D eigenvalue weighted by Crippen LogP contribution is -2.39. The number of methoxy groups -OCH3 is 1. The highest BCUT2D eigenvalue weighted by molar-refractivity contribution is 7.88. The molecule has 2 atom stereocenters. The smallest absolute Gasteiger partial charge is 0.275 e. The lowest BCUT2D eigenvalue weighted by molar-refractivity contribution is 0.0175. The zero-order chi connectivity index (χ0) is 33.2. The SMILES string of the molecule is COc1ccc(C(=O)N(C)CCN2CCCC2)cc1Nc1ncc(C(C)(F)F)c(NC2Cc3ccccc3C2N(C)S(C)(=O)=O)n1. The summed E-state index contributed by atoms with van der Waals surface area (Å²) in [4.78, 5) is 25.9. The zero-order valence-electron chi connectivity index (χ0n) is 26.8. The van der Waals surface area contributed by atoms with Crippen LogP contribution in [0.2, 0.25) is 0 Å². The van der Waals surface area contributed by atoms with Crippen molar-refractivity contribution in [1.29, 1.82) is 0 Å². The van der Waals surface area contributed by atoms with Gasteiger partial charge in [0.1, 0.15) is 11.6 Å². The first-order valence-electron chi connectivity index (χ1n) is 15.2. The topological polar surface area (TPSA) is 120 Å². The van der Waals surface area contributed by atoms with Gasteiger partial charge in [-0.1, -0.05) is 24.3 Å². The molecule has 1 aliphatic heterocycles. The van der Waals surface area contributed by atoms with E-state index in [2.05, 4.69) is 25.5 Å². The first kappa shape index (κ1) is 33.5. The summed E-state index contributed by atoms with van der Waals surface area (Å²) in [5.74, 6) is -3.21. The molecule has 2 unspecified atom stereocenters. The highest BCUT2D eigenvalue weighted by Gasteiger charge is 2.40. The van der Waals surface area contributed by atoms with Crippen molar-refractivity contribution in [2.75, 3.05) is 64.3 Å². The number of hydrogen-bond donors (Lipinski definition) is 2. The number of amides is 1. The maximum Gasteiger partial charge on any atom is 0.275 e. The van der Waals surface area contributed by atoms with Crippen molar-refractivity contribution < 1.29 is 26.7 Å². The number of rotatable bonds is 12. The highest BCUT2D eigenvalue weighted by atomic mass is 32.2. The number of halogens is 2. The Morgan fingerprint density at radius 2 is 1.87 bits per heavy atom. The van der Waals surface area contributed by atoms with Gasteiger partial charge in [0.15, 0.2) is 0 Å². The number of fused-ring (bicyclic) bond motifs is 1. The fourth-order valence-corrected chi connectivity index (χ4v) is 6.76. The van der Waals surface area contributed by atoms with E-state index in [9.17, 15) is 22.0 Å². The molecule has 1 amide bonds. The first-order chi connectivity index (χ1) is 21.8. The minimum absolute atomic E-state index is 0.00989. The Balaban J connectivity index is 1.42. The summed E-state index contributed by atoms with van der Waals surface area (Å²) in [6, 6.07) is 11.1. The number of nitrogens with zero attached hydrogens (tertiary/aromatic N) is 5. The molecule has 2 aliphatic rings. The maximum atomic E-state index is 14.8. The van der Waals surface area contributed by atoms with Gasteiger partial charge in [0, 0.05) is 45.9 Å². The predicted octanol–water partition coefficient (Wildman–Crippen LogP) is 4.48. The number of carbonyl (C=O) groups is 1. The summed E-state index contributed by atoms with van der Waals surface area (Å²) >= 11 is 0. The van der Waals surface area contributed by atoms with Gasteiger partial charge in [0.05, 0.1) is 36.7 Å². The van der Waals surface area contributed by atoms with Gasteiger partial charge in [-0.05, 0) is 61.7 Å². The number of aromatic nitrogens is 2. The van der Waals surface area contributed by atoms with Crippen LogP contribution in [0.25, 0.3) is 0 Å². The molecular weight excluding hydrogens is 616 g/mol. The molecule has 0 spiro atoms. The number of hydrogen-bond acceptors (Lipinski definition) is 9. The Bertz CT molecular complexity index is 1680. The van der Waals surface area contributed by atoms with Crippen LogP contribution in [0.15, 0.2) is 48.7 Å². The van der Waals surface area contributed by atoms with Crippen LogP contribution in [0.5, 0.6) is 5.75 Å². The van der Waals surface area contributed by atoms with Crippen molar-refractivity contribution in [3.8, 4) is 5.75 Å². The number of likely N-dealkylation sites (N-methyl/N-ethyl adjacent to an activating group) is 2. The monoisotopic (exact) mass is 657 g/mol. The number of likely N-dealkylation sites (tertiary alicyclic amines) is 1. The summed E-state index contributed by atoms with van der Waals surface area (Å²) in [5, 5.41) is 6.17. The van der Waals surface area contributed by atoms with Gasteiger partial charge in [-0.25, -0.2) is 22.2 Å². The highest BCUT2D eigenvalue weighted by Crippen LogP contribution is 2.40. The fourth-order valence-electron chi connectivity index (χ4n) is 6.09. The van der Waals surface area contributed by atoms with Crippen LogP contribution in [0.1, 0.15) is 52.9 Å². The van der Waals surface area contributed by atoms with Crippen LogP contribution in [0, 0.1) is 0 Å². The van der Waals surface area contributed by atoms with Crippen molar-refractivity contribution in [1.82, 2.24) is 24.1 Å². The second-order valence-corrected chi connectivity index (χ2v) is 14.1. The van der Waals surface area contributed by atoms with Crippen LogP contribution in [-0.2, 0) is 22.4 Å². The summed E-state index contributed by atoms with van der Waals surface area (Å²) in [7, 11) is 1.09. The van der Waals surface area contributed by atoms with Gasteiger partial charge >= 0.3 is 0 Å². The van der Waals surface area contributed by atoms with Gasteiger partial charge in [-0.3, -0.25) is 4.79 Å². The van der Waals surface area contributed by atoms with Gasteiger partial charge in [0.2, 0.25) is 16.0 Å². The molecule has 248 valence electrons. The number of sulfonamides is 1. The molecule has 2 N–H and O–H groups in total. The lowest BCUT2D eigenvalue weighted by Gasteiger charge is -2.30. The summed E-state index contributed by atoms with van der Waals surface area (Å²) < 4.78 is 61.6. The number of carbonyl (C=O) groups excluding carboxylic acids is 1. The van der Waals surface area contributed by atoms with E-state index in [4.69, 9.17) is 4.74 Å². The summed E-state index contributed by atoms with van der Waals surface area (Å²) in [5.41, 5.74) is 2.06. The number of anilines is 3. The minimum atomic E-state index is -3.62. The van der Waals surface area contributed by atoms with Crippen molar-refractivity contribution in [2.45, 2.75) is 44.2 Å². The van der Waals surface area contributed by atoms with Gasteiger partial charge in [-0.2, -0.15) is 9.29 Å². The average Bonchev–Trinajstić information content (AvgIpc) is 3.66. The molecule has 2 heterocycles. The fraction of sp³-hybridized carbons (Fsp3) is 0.469. The van der Waals surface area contributed by atoms with E-state index in [0.717, 1.165) is 50.1 Å². The molecule has 1 aromatic heterocycles. The first-order valence-corrected chi connectivity index (χ1v) is 17.1. The van der Waals surface area contributed by atoms with Crippen molar-refractivity contribution in [3.63, 3.8) is 0 Å². The molecule has 1 fully saturated rings. The molecule has 1 aliphatic carbocycles. The van der Waals surface area contributed by atoms with Crippen molar-refractivity contribution in [2.24, 2.45) is 0 Å². The van der Waals surface area contributed by atoms with E-state index in [-0.39, 0.29) is 17.7 Å². The third kappa shape index (κ3) is 7.39. The van der Waals surface area contributed by atoms with Crippen LogP contribution < -0.4 is 15.4 Å². The zero-order valence-corrected chi connectivity index (χ0v) is 27.6. The number of alkyl halides is 2. The molecule has 3 aromatic rings. The Kier molecular flexibility index (Phi) is 9.80. The molecule has 0 radical (unpaired) electrons. The minimum Gasteiger partial charge on any atom is -0.495 e. The van der Waals surface area contributed by atoms with E-state index in [0.29, 0.717) is 30.0 Å². The Hall–Kier alpha value is -3.88. The predicted molar refractivity (Wildman–Crippen MR) is 173 cm³/mol. The van der Waals surface area contributed by atoms with Gasteiger partial charge in [0.25, 0.3) is 11.8 Å². The van der Waals surface area contributed by atoms with Crippen molar-refractivity contribution in [3.05, 3.63) is 70.9 Å². The quantitative estimate of drug-likeness (QED) is 0.291. The molecule has 11 nitrogen and oxygen atoms in total. The third-order valence-electron chi connectivity index (χ3n) is 8.68. The molecule has 0 saturated carbocycles. The maximum absolute atomic E-state index is 14.8. The molecule has 14 heteroatoms. The Morgan fingerprint density at radius 1 is 1.15 bits per heavy atom. The number of nitrogens with one attached hydrogen (secondary N) is 2. The van der Waals surface area contributed by atoms with Crippen LogP contribution in [0.4, 0.5) is 26.2 Å². The second kappa shape index (κ2) is 13.5. The van der Waals surface area contributed by atoms with Gasteiger partial charge in [-0.15, -0.1) is 0 Å². The summed E-state index contributed by atoms with van der Waals surface area (Å²) in [6.07, 6.45) is 4.90. The average molecular weight is 658 g/mol. The van der Waals surface area contributed by atoms with E-state index < -0.39 is 33.6 Å². The molecule has 46 heavy (non-hydrogen) atoms. The standard InChI is InChI=1S/C32H41F2N7O4S/c1-32(33,34)24-20-35-31(38-29(24)36-26-18-21-10-6-7-11-23(21)28(26)40(3)46(5,43)44)37-25-19-22(12-13-27(25)45-4)30(42)39(2)16-17-41-14-8-9-15-41/h6-7,10-13,19-20,26,28H,8-9,14-18H2,1-5H3,(H2,35,36,37,38). The Morgan fingerprint density at radius 3 is 2.54 bits per heavy atom. The molecule has 2 aromatic carbocycles. The van der Waals surface area contributed by atoms with Crippen LogP contribution in [0.3, 0.4) is 0 Å². The second-order valence-electron chi connectivity index (χ2n) is 12.0. The lowest BCUT2D eigenvalue weighted by atomic mass is 10.1. The van der Waals surface area contributed by atoms with Crippen LogP contribution in [-0.4, -0.2) is 98.1 Å². The third-order valence-corrected chi connectivity index (χ3v) is 9.96. The van der Waals surface area contributed by atoms with Gasteiger partial charge < -0.3 is 25.2 Å². The van der Waals surface area contributed by atoms with Crippen molar-refractivity contribution >= 4 is 33.4 Å². The molecule has 1 saturated heterocycles.